The van der Waals surface area contributed by atoms with Crippen LogP contribution in [0.15, 0.2) is 60.7 Å². The molecule has 4 rings (SSSR count). The molecule has 4 nitrogen and oxygen atoms in total. The highest BCUT2D eigenvalue weighted by molar-refractivity contribution is 6.08. The lowest BCUT2D eigenvalue weighted by Gasteiger charge is -2.11. The Morgan fingerprint density at radius 3 is 2.37 bits per heavy atom. The van der Waals surface area contributed by atoms with E-state index in [1.54, 1.807) is 36.4 Å². The van der Waals surface area contributed by atoms with Crippen LogP contribution in [0.4, 0.5) is 14.5 Å². The number of benzene rings is 2. The fraction of sp³-hybridized carbons (Fsp3) is 0.143. The standard InChI is InChI=1S/C21H16F2N2O2/c22-14-10-15(23)12-16(11-14)24-21(27)17-8-9-25-18(17)6-7-19(25)20(26)13-4-2-1-3-5-13/h1-7,10-12,17H,8-9H2,(H,24,27)/t17-/m0/s1. The summed E-state index contributed by atoms with van der Waals surface area (Å²) in [6.07, 6.45) is 0.523. The molecule has 1 aromatic heterocycles. The Morgan fingerprint density at radius 2 is 1.67 bits per heavy atom. The predicted octanol–water partition coefficient (Wildman–Crippen LogP) is 4.12. The zero-order valence-electron chi connectivity index (χ0n) is 14.3. The molecule has 6 heteroatoms. The van der Waals surface area contributed by atoms with E-state index in [1.165, 1.54) is 0 Å². The molecule has 0 unspecified atom stereocenters. The third-order valence-electron chi connectivity index (χ3n) is 4.73. The zero-order chi connectivity index (χ0) is 19.0. The van der Waals surface area contributed by atoms with Gasteiger partial charge in [0.25, 0.3) is 0 Å². The van der Waals surface area contributed by atoms with E-state index >= 15 is 0 Å². The van der Waals surface area contributed by atoms with Crippen molar-refractivity contribution in [3.05, 3.63) is 89.2 Å². The van der Waals surface area contributed by atoms with Crippen molar-refractivity contribution < 1.29 is 18.4 Å². The number of carbonyl (C=O) groups excluding carboxylic acids is 2. The smallest absolute Gasteiger partial charge is 0.233 e. The van der Waals surface area contributed by atoms with Gasteiger partial charge in [-0.2, -0.15) is 0 Å². The van der Waals surface area contributed by atoms with Gasteiger partial charge in [-0.1, -0.05) is 30.3 Å². The minimum atomic E-state index is -0.754. The molecule has 0 bridgehead atoms. The highest BCUT2D eigenvalue weighted by Gasteiger charge is 2.32. The number of halogens is 2. The first-order chi connectivity index (χ1) is 13.0. The van der Waals surface area contributed by atoms with Gasteiger partial charge in [0, 0.05) is 29.6 Å². The van der Waals surface area contributed by atoms with Crippen molar-refractivity contribution in [2.24, 2.45) is 0 Å². The molecule has 0 saturated carbocycles. The zero-order valence-corrected chi connectivity index (χ0v) is 14.3. The largest absolute Gasteiger partial charge is 0.341 e. The van der Waals surface area contributed by atoms with Gasteiger partial charge in [-0.3, -0.25) is 9.59 Å². The average molecular weight is 366 g/mol. The third kappa shape index (κ3) is 3.26. The molecule has 27 heavy (non-hydrogen) atoms. The summed E-state index contributed by atoms with van der Waals surface area (Å²) in [5, 5.41) is 2.56. The molecule has 1 aliphatic heterocycles. The van der Waals surface area contributed by atoms with Crippen LogP contribution in [0.2, 0.25) is 0 Å². The van der Waals surface area contributed by atoms with E-state index in [1.807, 2.05) is 10.6 Å². The van der Waals surface area contributed by atoms with Crippen molar-refractivity contribution in [2.45, 2.75) is 18.9 Å². The molecule has 2 aromatic carbocycles. The van der Waals surface area contributed by atoms with E-state index < -0.39 is 17.6 Å². The van der Waals surface area contributed by atoms with Crippen LogP contribution < -0.4 is 5.32 Å². The summed E-state index contributed by atoms with van der Waals surface area (Å²) in [5.41, 5.74) is 1.91. The lowest BCUT2D eigenvalue weighted by atomic mass is 10.0. The summed E-state index contributed by atoms with van der Waals surface area (Å²) in [7, 11) is 0. The summed E-state index contributed by atoms with van der Waals surface area (Å²) in [6.45, 7) is 0.534. The quantitative estimate of drug-likeness (QED) is 0.706. The molecule has 1 N–H and O–H groups in total. The van der Waals surface area contributed by atoms with Crippen LogP contribution in [0.5, 0.6) is 0 Å². The summed E-state index contributed by atoms with van der Waals surface area (Å²) in [6, 6.07) is 15.3. The highest BCUT2D eigenvalue weighted by Crippen LogP contribution is 2.32. The van der Waals surface area contributed by atoms with Crippen molar-refractivity contribution in [3.8, 4) is 0 Å². The van der Waals surface area contributed by atoms with Gasteiger partial charge in [0.1, 0.15) is 11.6 Å². The number of fused-ring (bicyclic) bond motifs is 1. The van der Waals surface area contributed by atoms with Gasteiger partial charge in [0.15, 0.2) is 0 Å². The normalized spacial score (nSPS) is 15.4. The van der Waals surface area contributed by atoms with Gasteiger partial charge in [-0.15, -0.1) is 0 Å². The number of carbonyl (C=O) groups is 2. The van der Waals surface area contributed by atoms with Crippen LogP contribution in [0.25, 0.3) is 0 Å². The Hall–Kier alpha value is -3.28. The number of hydrogen-bond acceptors (Lipinski definition) is 2. The van der Waals surface area contributed by atoms with Crippen LogP contribution in [-0.2, 0) is 11.3 Å². The fourth-order valence-electron chi connectivity index (χ4n) is 3.50. The number of amides is 1. The van der Waals surface area contributed by atoms with Gasteiger partial charge >= 0.3 is 0 Å². The SMILES string of the molecule is O=C(c1ccccc1)c1ccc2n1CC[C@@H]2C(=O)Nc1cc(F)cc(F)c1. The first-order valence-corrected chi connectivity index (χ1v) is 8.59. The Balaban J connectivity index is 1.56. The topological polar surface area (TPSA) is 51.1 Å². The van der Waals surface area contributed by atoms with Gasteiger partial charge < -0.3 is 9.88 Å². The van der Waals surface area contributed by atoms with Crippen molar-refractivity contribution in [3.63, 3.8) is 0 Å². The minimum Gasteiger partial charge on any atom is -0.341 e. The summed E-state index contributed by atoms with van der Waals surface area (Å²) in [4.78, 5) is 25.3. The summed E-state index contributed by atoms with van der Waals surface area (Å²) in [5.74, 6) is -2.44. The molecule has 136 valence electrons. The fourth-order valence-corrected chi connectivity index (χ4v) is 3.50. The van der Waals surface area contributed by atoms with E-state index in [0.29, 0.717) is 24.2 Å². The predicted molar refractivity (Wildman–Crippen MR) is 96.7 cm³/mol. The molecule has 2 heterocycles. The molecule has 0 fully saturated rings. The van der Waals surface area contributed by atoms with Gasteiger partial charge in [0.2, 0.25) is 11.7 Å². The van der Waals surface area contributed by atoms with E-state index in [9.17, 15) is 18.4 Å². The minimum absolute atomic E-state index is 0.0723. The van der Waals surface area contributed by atoms with Gasteiger partial charge in [-0.25, -0.2) is 8.78 Å². The summed E-state index contributed by atoms with van der Waals surface area (Å²) >= 11 is 0. The Bertz CT molecular complexity index is 1010. The van der Waals surface area contributed by atoms with E-state index in [-0.39, 0.29) is 17.4 Å². The van der Waals surface area contributed by atoms with Crippen molar-refractivity contribution >= 4 is 17.4 Å². The second kappa shape index (κ2) is 6.79. The molecule has 0 saturated heterocycles. The van der Waals surface area contributed by atoms with E-state index in [2.05, 4.69) is 5.32 Å². The number of aromatic nitrogens is 1. The molecule has 1 aliphatic rings. The molecule has 0 aliphatic carbocycles. The van der Waals surface area contributed by atoms with Gasteiger partial charge in [-0.05, 0) is 30.7 Å². The summed E-state index contributed by atoms with van der Waals surface area (Å²) < 4.78 is 28.5. The van der Waals surface area contributed by atoms with Crippen LogP contribution in [-0.4, -0.2) is 16.3 Å². The van der Waals surface area contributed by atoms with Crippen LogP contribution in [0.1, 0.15) is 34.1 Å². The van der Waals surface area contributed by atoms with Crippen molar-refractivity contribution in [1.82, 2.24) is 4.57 Å². The maximum Gasteiger partial charge on any atom is 0.233 e. The van der Waals surface area contributed by atoms with E-state index in [4.69, 9.17) is 0 Å². The van der Waals surface area contributed by atoms with Crippen LogP contribution in [0, 0.1) is 11.6 Å². The number of nitrogens with one attached hydrogen (secondary N) is 1. The van der Waals surface area contributed by atoms with E-state index in [0.717, 1.165) is 23.9 Å². The number of nitrogens with zero attached hydrogens (tertiary/aromatic N) is 1. The average Bonchev–Trinajstić information content (AvgIpc) is 3.22. The Morgan fingerprint density at radius 1 is 0.963 bits per heavy atom. The third-order valence-corrected chi connectivity index (χ3v) is 4.73. The number of rotatable bonds is 4. The van der Waals surface area contributed by atoms with Crippen molar-refractivity contribution in [2.75, 3.05) is 5.32 Å². The molecule has 1 atom stereocenters. The molecular formula is C21H16F2N2O2. The number of anilines is 1. The molecule has 0 spiro atoms. The second-order valence-electron chi connectivity index (χ2n) is 6.48. The highest BCUT2D eigenvalue weighted by atomic mass is 19.1. The molecule has 1 amide bonds. The lowest BCUT2D eigenvalue weighted by Crippen LogP contribution is -2.19. The maximum atomic E-state index is 13.3. The van der Waals surface area contributed by atoms with Crippen LogP contribution in [0.3, 0.4) is 0 Å². The first kappa shape index (κ1) is 17.1. The monoisotopic (exact) mass is 366 g/mol. The Labute approximate surface area is 154 Å². The molecule has 0 radical (unpaired) electrons. The van der Waals surface area contributed by atoms with Gasteiger partial charge in [0.05, 0.1) is 11.6 Å². The molecular weight excluding hydrogens is 350 g/mol. The number of hydrogen-bond donors (Lipinski definition) is 1. The Kier molecular flexibility index (Phi) is 4.32. The van der Waals surface area contributed by atoms with Crippen LogP contribution >= 0.6 is 0 Å². The molecule has 3 aromatic rings. The maximum absolute atomic E-state index is 13.3. The second-order valence-corrected chi connectivity index (χ2v) is 6.48. The lowest BCUT2D eigenvalue weighted by molar-refractivity contribution is -0.117. The first-order valence-electron chi connectivity index (χ1n) is 8.59. The van der Waals surface area contributed by atoms with Crippen molar-refractivity contribution in [1.29, 1.82) is 0 Å². The number of ketones is 1.